The van der Waals surface area contributed by atoms with Gasteiger partial charge < -0.3 is 33.8 Å². The topological polar surface area (TPSA) is 237 Å². The molecule has 0 bridgehead atoms. The number of unbranched alkanes of at least 4 members (excludes halogenated alkanes) is 17. The van der Waals surface area contributed by atoms with Crippen LogP contribution in [0, 0.1) is 0 Å². The summed E-state index contributed by atoms with van der Waals surface area (Å²) < 4.78 is 68.1. The monoisotopic (exact) mass is 1380 g/mol. The van der Waals surface area contributed by atoms with E-state index in [-0.39, 0.29) is 25.7 Å². The Hall–Kier alpha value is -5.06. The molecule has 0 aliphatic heterocycles. The van der Waals surface area contributed by atoms with Gasteiger partial charge in [0.25, 0.3) is 0 Å². The summed E-state index contributed by atoms with van der Waals surface area (Å²) in [5.41, 5.74) is 0. The van der Waals surface area contributed by atoms with Gasteiger partial charge >= 0.3 is 39.5 Å². The second-order valence-electron chi connectivity index (χ2n) is 23.4. The molecule has 3 N–H and O–H groups in total. The van der Waals surface area contributed by atoms with Crippen LogP contribution in [0.1, 0.15) is 259 Å². The largest absolute Gasteiger partial charge is 0.472 e. The average Bonchev–Trinajstić information content (AvgIpc) is 1.09. The van der Waals surface area contributed by atoms with Crippen molar-refractivity contribution >= 4 is 39.5 Å². The maximum atomic E-state index is 13.0. The number of phosphoric acid groups is 2. The summed E-state index contributed by atoms with van der Waals surface area (Å²) >= 11 is 0. The van der Waals surface area contributed by atoms with E-state index >= 15 is 0 Å². The third-order valence-corrected chi connectivity index (χ3v) is 16.2. The summed E-state index contributed by atoms with van der Waals surface area (Å²) in [5, 5.41) is 10.6. The third kappa shape index (κ3) is 67.5. The second-order valence-corrected chi connectivity index (χ2v) is 26.3. The van der Waals surface area contributed by atoms with Crippen LogP contribution in [-0.2, 0) is 65.4 Å². The van der Waals surface area contributed by atoms with Gasteiger partial charge in [0, 0.05) is 19.3 Å². The van der Waals surface area contributed by atoms with E-state index in [9.17, 15) is 43.2 Å². The Balaban J connectivity index is 5.45. The lowest BCUT2D eigenvalue weighted by molar-refractivity contribution is -0.161. The van der Waals surface area contributed by atoms with E-state index in [0.29, 0.717) is 32.1 Å². The molecule has 0 radical (unpaired) electrons. The van der Waals surface area contributed by atoms with Crippen molar-refractivity contribution in [2.45, 2.75) is 277 Å². The molecule has 17 nitrogen and oxygen atoms in total. The Bertz CT molecular complexity index is 2400. The van der Waals surface area contributed by atoms with Gasteiger partial charge in [-0.15, -0.1) is 0 Å². The SMILES string of the molecule is CC/C=C\C/C=C\C/C=C\C/C=C\C/C=C\CC(=O)OCC(COP(=O)(O)OCC(O)COP(=O)(O)OCC(COC(=O)CCCCCCC/C=C\C/C=C\C/C=C\CC)OC(=O)CCCCCCCCCCCCC)OC(=O)CCCC/C=C\C/C=C\C/C=C\C/C=C\CC. The molecule has 0 aromatic carbocycles. The summed E-state index contributed by atoms with van der Waals surface area (Å²) in [6.45, 7) is 4.31. The highest BCUT2D eigenvalue weighted by atomic mass is 31.2. The van der Waals surface area contributed by atoms with Crippen LogP contribution in [0.2, 0.25) is 0 Å². The number of ether oxygens (including phenoxy) is 4. The Morgan fingerprint density at radius 1 is 0.312 bits per heavy atom. The lowest BCUT2D eigenvalue weighted by atomic mass is 10.1. The van der Waals surface area contributed by atoms with Gasteiger partial charge in [0.1, 0.15) is 19.3 Å². The fraction of sp³-hybridized carbons (Fsp3) is 0.636. The molecule has 0 saturated heterocycles. The minimum absolute atomic E-state index is 0.0188. The van der Waals surface area contributed by atoms with Gasteiger partial charge in [-0.05, 0) is 122 Å². The number of hydrogen-bond acceptors (Lipinski definition) is 15. The van der Waals surface area contributed by atoms with Crippen molar-refractivity contribution in [3.63, 3.8) is 0 Å². The highest BCUT2D eigenvalue weighted by molar-refractivity contribution is 7.47. The predicted octanol–water partition coefficient (Wildman–Crippen LogP) is 20.3. The van der Waals surface area contributed by atoms with Crippen molar-refractivity contribution in [3.05, 3.63) is 146 Å². The number of carbonyl (C=O) groups is 4. The van der Waals surface area contributed by atoms with E-state index < -0.39 is 97.5 Å². The number of aliphatic hydroxyl groups excluding tert-OH is 1. The highest BCUT2D eigenvalue weighted by Gasteiger charge is 2.30. The number of hydrogen-bond donors (Lipinski definition) is 3. The molecule has 0 aromatic rings. The summed E-state index contributed by atoms with van der Waals surface area (Å²) in [4.78, 5) is 72.6. The molecule has 19 heteroatoms. The van der Waals surface area contributed by atoms with E-state index in [4.69, 9.17) is 37.0 Å². The highest BCUT2D eigenvalue weighted by Crippen LogP contribution is 2.45. The number of aliphatic hydroxyl groups is 1. The minimum atomic E-state index is -5.01. The van der Waals surface area contributed by atoms with Gasteiger partial charge in [0.2, 0.25) is 0 Å². The normalized spacial score (nSPS) is 14.9. The summed E-state index contributed by atoms with van der Waals surface area (Å²) in [7, 11) is -9.99. The first-order valence-corrected chi connectivity index (χ1v) is 39.1. The average molecular weight is 1390 g/mol. The molecule has 0 amide bonds. The molecule has 0 aromatic heterocycles. The fourth-order valence-electron chi connectivity index (χ4n) is 8.94. The van der Waals surface area contributed by atoms with E-state index in [1.165, 1.54) is 38.5 Å². The molecule has 5 unspecified atom stereocenters. The number of rotatable bonds is 66. The van der Waals surface area contributed by atoms with Crippen molar-refractivity contribution in [3.8, 4) is 0 Å². The van der Waals surface area contributed by atoms with Crippen LogP contribution in [0.25, 0.3) is 0 Å². The number of allylic oxidation sites excluding steroid dienone is 23. The quantitative estimate of drug-likeness (QED) is 0.0169. The number of phosphoric ester groups is 2. The zero-order chi connectivity index (χ0) is 70.4. The van der Waals surface area contributed by atoms with Crippen LogP contribution in [0.5, 0.6) is 0 Å². The number of carbonyl (C=O) groups excluding carboxylic acids is 4. The molecule has 0 fully saturated rings. The first kappa shape index (κ1) is 90.9. The van der Waals surface area contributed by atoms with Gasteiger partial charge in [-0.1, -0.05) is 257 Å². The van der Waals surface area contributed by atoms with Crippen LogP contribution in [-0.4, -0.2) is 96.7 Å². The lowest BCUT2D eigenvalue weighted by Gasteiger charge is -2.21. The molecule has 0 spiro atoms. The molecule has 0 aliphatic rings. The Kier molecular flexibility index (Phi) is 64.9. The maximum absolute atomic E-state index is 13.0. The van der Waals surface area contributed by atoms with Crippen LogP contribution < -0.4 is 0 Å². The summed E-state index contributed by atoms with van der Waals surface area (Å²) in [6.07, 6.45) is 76.1. The Morgan fingerprint density at radius 2 is 0.583 bits per heavy atom. The molecular weight excluding hydrogens is 1260 g/mol. The van der Waals surface area contributed by atoms with Crippen LogP contribution in [0.15, 0.2) is 146 Å². The molecule has 0 aliphatic carbocycles. The maximum Gasteiger partial charge on any atom is 0.472 e. The van der Waals surface area contributed by atoms with Gasteiger partial charge in [-0.25, -0.2) is 9.13 Å². The molecule has 96 heavy (non-hydrogen) atoms. The Labute approximate surface area is 579 Å². The molecule has 5 atom stereocenters. The van der Waals surface area contributed by atoms with Crippen LogP contribution in [0.3, 0.4) is 0 Å². The first-order chi connectivity index (χ1) is 46.7. The third-order valence-electron chi connectivity index (χ3n) is 14.3. The summed E-state index contributed by atoms with van der Waals surface area (Å²) in [6, 6.07) is 0. The van der Waals surface area contributed by atoms with E-state index in [1.807, 2.05) is 24.3 Å². The molecular formula is C77H126O17P2. The van der Waals surface area contributed by atoms with Gasteiger partial charge in [0.15, 0.2) is 12.2 Å². The van der Waals surface area contributed by atoms with Gasteiger partial charge in [0.05, 0.1) is 32.8 Å². The van der Waals surface area contributed by atoms with Crippen LogP contribution >= 0.6 is 15.6 Å². The van der Waals surface area contributed by atoms with Gasteiger partial charge in [-0.2, -0.15) is 0 Å². The first-order valence-electron chi connectivity index (χ1n) is 36.1. The zero-order valence-corrected chi connectivity index (χ0v) is 61.0. The smallest absolute Gasteiger partial charge is 0.462 e. The molecule has 0 saturated carbocycles. The fourth-order valence-corrected chi connectivity index (χ4v) is 10.5. The summed E-state index contributed by atoms with van der Waals surface area (Å²) in [5.74, 6) is -2.40. The van der Waals surface area contributed by atoms with Crippen molar-refractivity contribution in [1.29, 1.82) is 0 Å². The predicted molar refractivity (Wildman–Crippen MR) is 390 cm³/mol. The Morgan fingerprint density at radius 3 is 0.948 bits per heavy atom. The van der Waals surface area contributed by atoms with Gasteiger partial charge in [-0.3, -0.25) is 37.3 Å². The van der Waals surface area contributed by atoms with Crippen molar-refractivity contribution < 1.29 is 80.2 Å². The lowest BCUT2D eigenvalue weighted by Crippen LogP contribution is -2.30. The number of esters is 4. The minimum Gasteiger partial charge on any atom is -0.462 e. The van der Waals surface area contributed by atoms with Crippen molar-refractivity contribution in [2.75, 3.05) is 39.6 Å². The van der Waals surface area contributed by atoms with E-state index in [2.05, 4.69) is 143 Å². The zero-order valence-electron chi connectivity index (χ0n) is 59.2. The van der Waals surface area contributed by atoms with Crippen LogP contribution in [0.4, 0.5) is 0 Å². The molecule has 546 valence electrons. The molecule has 0 heterocycles. The standard InChI is InChI=1S/C77H126O17P2/c1-5-9-13-17-21-25-29-32-35-38-42-45-49-53-57-61-74(79)87-67-72(93-76(81)63-59-55-51-47-41-28-24-20-16-12-8-4)69-91-95(83,84)89-65-71(78)66-90-96(85,86)92-70-73(94-77(82)64-60-56-52-48-44-40-37-34-31-27-23-19-15-11-7-3)68-88-75(80)62-58-54-50-46-43-39-36-33-30-26-22-18-14-10-6-2/h9-11,13-15,21-23,25-27,32-37,43-44,46,48,54,58,71-73,78H,5-8,12,16-20,24,28-31,38-42,45,47,49-53,55-57,59-70H2,1-4H3,(H,83,84)(H,85,86)/b13-9-,14-10-,15-11-,25-21-,26-22-,27-23-,35-32-,36-33-,37-34-,46-43-,48-44-,58-54-. The van der Waals surface area contributed by atoms with E-state index in [1.54, 1.807) is 6.08 Å². The van der Waals surface area contributed by atoms with Crippen molar-refractivity contribution in [2.24, 2.45) is 0 Å². The van der Waals surface area contributed by atoms with E-state index in [0.717, 1.165) is 135 Å². The molecule has 0 rings (SSSR count). The second kappa shape index (κ2) is 68.5. The van der Waals surface area contributed by atoms with Crippen molar-refractivity contribution in [1.82, 2.24) is 0 Å².